The second kappa shape index (κ2) is 8.34. The average Bonchev–Trinajstić information content (AvgIpc) is 2.51. The largest absolute Gasteiger partial charge is 0.394 e. The van der Waals surface area contributed by atoms with Gasteiger partial charge in [0.25, 0.3) is 0 Å². The molecule has 1 fully saturated rings. The molecule has 1 saturated heterocycles. The number of aliphatic hydroxyl groups excluding tert-OH is 1. The highest BCUT2D eigenvalue weighted by Gasteiger charge is 2.25. The van der Waals surface area contributed by atoms with E-state index in [0.29, 0.717) is 6.61 Å². The Kier molecular flexibility index (Phi) is 6.45. The number of rotatable bonds is 7. The molecule has 5 nitrogen and oxygen atoms in total. The number of hydrogen-bond donors (Lipinski definition) is 2. The number of morpholine rings is 1. The highest BCUT2D eigenvalue weighted by molar-refractivity contribution is 5.54. The summed E-state index contributed by atoms with van der Waals surface area (Å²) < 4.78 is 10.8. The van der Waals surface area contributed by atoms with E-state index < -0.39 is 0 Å². The van der Waals surface area contributed by atoms with Gasteiger partial charge in [-0.2, -0.15) is 0 Å². The molecule has 1 aromatic rings. The average molecular weight is 294 g/mol. The summed E-state index contributed by atoms with van der Waals surface area (Å²) in [5.41, 5.74) is 2.48. The van der Waals surface area contributed by atoms with Crippen molar-refractivity contribution in [3.63, 3.8) is 0 Å². The predicted octanol–water partition coefficient (Wildman–Crippen LogP) is 1.01. The van der Waals surface area contributed by atoms with E-state index in [4.69, 9.17) is 9.47 Å². The number of methoxy groups -OCH3 is 1. The fourth-order valence-corrected chi connectivity index (χ4v) is 2.71. The number of anilines is 1. The van der Waals surface area contributed by atoms with Gasteiger partial charge < -0.3 is 24.8 Å². The Morgan fingerprint density at radius 3 is 2.95 bits per heavy atom. The molecule has 0 radical (unpaired) electrons. The quantitative estimate of drug-likeness (QED) is 0.735. The number of hydrogen-bond acceptors (Lipinski definition) is 5. The summed E-state index contributed by atoms with van der Waals surface area (Å²) in [4.78, 5) is 2.31. The van der Waals surface area contributed by atoms with Crippen molar-refractivity contribution in [1.82, 2.24) is 5.32 Å². The van der Waals surface area contributed by atoms with Crippen LogP contribution in [0.2, 0.25) is 0 Å². The van der Waals surface area contributed by atoms with E-state index in [9.17, 15) is 5.11 Å². The minimum atomic E-state index is -0.108. The lowest BCUT2D eigenvalue weighted by atomic mass is 10.1. The molecule has 0 spiro atoms. The summed E-state index contributed by atoms with van der Waals surface area (Å²) in [6.07, 6.45) is 0.0219. The van der Waals surface area contributed by atoms with Crippen molar-refractivity contribution in [2.45, 2.75) is 25.7 Å². The van der Waals surface area contributed by atoms with E-state index in [1.807, 2.05) is 6.92 Å². The Labute approximate surface area is 126 Å². The second-order valence-electron chi connectivity index (χ2n) is 5.45. The molecule has 118 valence electrons. The lowest BCUT2D eigenvalue weighted by Gasteiger charge is -2.38. The first kappa shape index (κ1) is 16.2. The molecule has 5 heteroatoms. The van der Waals surface area contributed by atoms with Gasteiger partial charge in [-0.05, 0) is 18.6 Å². The summed E-state index contributed by atoms with van der Waals surface area (Å²) >= 11 is 0. The van der Waals surface area contributed by atoms with Crippen molar-refractivity contribution < 1.29 is 14.6 Å². The third kappa shape index (κ3) is 4.68. The first-order chi connectivity index (χ1) is 10.2. The molecular formula is C16H26N2O3. The second-order valence-corrected chi connectivity index (χ2v) is 5.45. The standard InChI is InChI=1S/C16H26N2O3/c1-13-10-18(11-15(12-19)21-13)16-6-4-3-5-14(16)9-17-7-8-20-2/h3-6,13,15,17,19H,7-12H2,1-2H3. The lowest BCUT2D eigenvalue weighted by Crippen LogP contribution is -2.48. The van der Waals surface area contributed by atoms with Crippen molar-refractivity contribution in [3.8, 4) is 0 Å². The number of benzene rings is 1. The van der Waals surface area contributed by atoms with Crippen LogP contribution >= 0.6 is 0 Å². The van der Waals surface area contributed by atoms with Crippen molar-refractivity contribution in [1.29, 1.82) is 0 Å². The van der Waals surface area contributed by atoms with Gasteiger partial charge in [-0.25, -0.2) is 0 Å². The highest BCUT2D eigenvalue weighted by atomic mass is 16.5. The Bertz CT molecular complexity index is 428. The van der Waals surface area contributed by atoms with E-state index >= 15 is 0 Å². The summed E-state index contributed by atoms with van der Waals surface area (Å²) in [7, 11) is 1.71. The number of ether oxygens (including phenoxy) is 2. The zero-order valence-electron chi connectivity index (χ0n) is 12.9. The summed E-state index contributed by atoms with van der Waals surface area (Å²) in [6, 6.07) is 8.40. The monoisotopic (exact) mass is 294 g/mol. The molecule has 1 aliphatic rings. The maximum Gasteiger partial charge on any atom is 0.0984 e. The summed E-state index contributed by atoms with van der Waals surface area (Å²) in [5.74, 6) is 0. The van der Waals surface area contributed by atoms with Crippen LogP contribution in [-0.2, 0) is 16.0 Å². The van der Waals surface area contributed by atoms with Gasteiger partial charge in [0.15, 0.2) is 0 Å². The van der Waals surface area contributed by atoms with E-state index in [-0.39, 0.29) is 18.8 Å². The molecule has 1 heterocycles. The number of nitrogens with one attached hydrogen (secondary N) is 1. The minimum Gasteiger partial charge on any atom is -0.394 e. The molecule has 0 saturated carbocycles. The van der Waals surface area contributed by atoms with Crippen molar-refractivity contribution >= 4 is 5.69 Å². The van der Waals surface area contributed by atoms with Crippen LogP contribution in [-0.4, -0.2) is 57.3 Å². The molecular weight excluding hydrogens is 268 g/mol. The molecule has 1 aliphatic heterocycles. The van der Waals surface area contributed by atoms with Gasteiger partial charge in [0, 0.05) is 39.0 Å². The van der Waals surface area contributed by atoms with Crippen LogP contribution in [0.4, 0.5) is 5.69 Å². The first-order valence-electron chi connectivity index (χ1n) is 7.53. The van der Waals surface area contributed by atoms with E-state index in [2.05, 4.69) is 34.5 Å². The number of aliphatic hydroxyl groups is 1. The van der Waals surface area contributed by atoms with E-state index in [0.717, 1.165) is 26.2 Å². The Hall–Kier alpha value is -1.14. The molecule has 0 bridgehead atoms. The fourth-order valence-electron chi connectivity index (χ4n) is 2.71. The highest BCUT2D eigenvalue weighted by Crippen LogP contribution is 2.24. The molecule has 2 N–H and O–H groups in total. The molecule has 0 amide bonds. The first-order valence-corrected chi connectivity index (χ1v) is 7.53. The molecule has 2 unspecified atom stereocenters. The molecule has 2 rings (SSSR count). The van der Waals surface area contributed by atoms with Gasteiger partial charge in [-0.1, -0.05) is 18.2 Å². The summed E-state index contributed by atoms with van der Waals surface area (Å²) in [6.45, 7) is 6.06. The van der Waals surface area contributed by atoms with Gasteiger partial charge in [0.1, 0.15) is 0 Å². The Morgan fingerprint density at radius 1 is 1.38 bits per heavy atom. The van der Waals surface area contributed by atoms with Gasteiger partial charge in [-0.15, -0.1) is 0 Å². The topological polar surface area (TPSA) is 54.0 Å². The van der Waals surface area contributed by atoms with Crippen LogP contribution in [0.1, 0.15) is 12.5 Å². The predicted molar refractivity (Wildman–Crippen MR) is 83.7 cm³/mol. The van der Waals surface area contributed by atoms with E-state index in [1.165, 1.54) is 11.3 Å². The van der Waals surface area contributed by atoms with Crippen molar-refractivity contribution in [2.75, 3.05) is 44.9 Å². The molecule has 2 atom stereocenters. The van der Waals surface area contributed by atoms with E-state index in [1.54, 1.807) is 7.11 Å². The van der Waals surface area contributed by atoms with Crippen LogP contribution in [0, 0.1) is 0 Å². The lowest BCUT2D eigenvalue weighted by molar-refractivity contribution is -0.0421. The normalized spacial score (nSPS) is 22.5. The van der Waals surface area contributed by atoms with Crippen LogP contribution in [0.25, 0.3) is 0 Å². The van der Waals surface area contributed by atoms with Gasteiger partial charge in [0.2, 0.25) is 0 Å². The number of nitrogens with zero attached hydrogens (tertiary/aromatic N) is 1. The molecule has 1 aromatic carbocycles. The molecule has 0 aromatic heterocycles. The van der Waals surface area contributed by atoms with Gasteiger partial charge in [0.05, 0.1) is 25.4 Å². The fraction of sp³-hybridized carbons (Fsp3) is 0.625. The number of para-hydroxylation sites is 1. The van der Waals surface area contributed by atoms with Crippen molar-refractivity contribution in [2.24, 2.45) is 0 Å². The summed E-state index contributed by atoms with van der Waals surface area (Å²) in [5, 5.41) is 12.8. The van der Waals surface area contributed by atoms with Crippen molar-refractivity contribution in [3.05, 3.63) is 29.8 Å². The molecule has 0 aliphatic carbocycles. The van der Waals surface area contributed by atoms with Gasteiger partial charge >= 0.3 is 0 Å². The third-order valence-corrected chi connectivity index (χ3v) is 3.66. The molecule has 21 heavy (non-hydrogen) atoms. The van der Waals surface area contributed by atoms with Crippen LogP contribution in [0.5, 0.6) is 0 Å². The third-order valence-electron chi connectivity index (χ3n) is 3.66. The minimum absolute atomic E-state index is 0.0646. The zero-order valence-corrected chi connectivity index (χ0v) is 12.9. The zero-order chi connectivity index (χ0) is 15.1. The maximum absolute atomic E-state index is 9.37. The maximum atomic E-state index is 9.37. The van der Waals surface area contributed by atoms with Crippen LogP contribution in [0.15, 0.2) is 24.3 Å². The smallest absolute Gasteiger partial charge is 0.0984 e. The Balaban J connectivity index is 2.04. The van der Waals surface area contributed by atoms with Gasteiger partial charge in [-0.3, -0.25) is 0 Å². The van der Waals surface area contributed by atoms with Crippen LogP contribution < -0.4 is 10.2 Å². The Morgan fingerprint density at radius 2 is 2.19 bits per heavy atom. The van der Waals surface area contributed by atoms with Crippen LogP contribution in [0.3, 0.4) is 0 Å². The SMILES string of the molecule is COCCNCc1ccccc1N1CC(C)OC(CO)C1.